The molecule has 1 aliphatic rings. The number of hydrogen-bond acceptors (Lipinski definition) is 7. The van der Waals surface area contributed by atoms with E-state index in [-0.39, 0.29) is 5.91 Å². The van der Waals surface area contributed by atoms with E-state index in [1.54, 1.807) is 18.5 Å². The standard InChI is InChI=1S/C22H20N6O2/c29-20(23-11-12-26-22-24-9-4-10-25-22)16-13-17(14-7-8-14)27-21-18(16)19(28-30-21)15-5-2-1-3-6-15/h1-6,9-10,13-14H,7-8,11-12H2,(H,23,29)(H,24,25,26). The molecule has 5 rings (SSSR count). The van der Waals surface area contributed by atoms with Crippen molar-refractivity contribution in [3.05, 3.63) is 66.1 Å². The molecule has 0 aliphatic heterocycles. The Morgan fingerprint density at radius 2 is 1.87 bits per heavy atom. The van der Waals surface area contributed by atoms with Crippen LogP contribution in [0, 0.1) is 0 Å². The van der Waals surface area contributed by atoms with Crippen LogP contribution in [-0.2, 0) is 0 Å². The van der Waals surface area contributed by atoms with E-state index in [4.69, 9.17) is 4.52 Å². The van der Waals surface area contributed by atoms with Gasteiger partial charge in [0.25, 0.3) is 11.6 Å². The molecular weight excluding hydrogens is 380 g/mol. The molecule has 8 nitrogen and oxygen atoms in total. The highest BCUT2D eigenvalue weighted by Crippen LogP contribution is 2.41. The molecule has 2 N–H and O–H groups in total. The number of carbonyl (C=O) groups is 1. The van der Waals surface area contributed by atoms with Crippen LogP contribution in [0.5, 0.6) is 0 Å². The molecule has 0 saturated heterocycles. The topological polar surface area (TPSA) is 106 Å². The monoisotopic (exact) mass is 400 g/mol. The zero-order chi connectivity index (χ0) is 20.3. The van der Waals surface area contributed by atoms with E-state index in [1.807, 2.05) is 36.4 Å². The maximum Gasteiger partial charge on any atom is 0.259 e. The summed E-state index contributed by atoms with van der Waals surface area (Å²) in [6.07, 6.45) is 5.50. The van der Waals surface area contributed by atoms with Gasteiger partial charge in [-0.15, -0.1) is 0 Å². The lowest BCUT2D eigenvalue weighted by molar-refractivity contribution is 0.0956. The van der Waals surface area contributed by atoms with E-state index < -0.39 is 0 Å². The zero-order valence-electron chi connectivity index (χ0n) is 16.2. The Morgan fingerprint density at radius 3 is 2.63 bits per heavy atom. The smallest absolute Gasteiger partial charge is 0.259 e. The number of fused-ring (bicyclic) bond motifs is 1. The molecule has 1 saturated carbocycles. The van der Waals surface area contributed by atoms with E-state index in [1.165, 1.54) is 0 Å². The number of amides is 1. The van der Waals surface area contributed by atoms with Crippen LogP contribution < -0.4 is 10.6 Å². The molecule has 0 atom stereocenters. The van der Waals surface area contributed by atoms with Crippen molar-refractivity contribution < 1.29 is 9.32 Å². The Kier molecular flexibility index (Phi) is 4.80. The molecule has 1 fully saturated rings. The van der Waals surface area contributed by atoms with Gasteiger partial charge < -0.3 is 15.2 Å². The lowest BCUT2D eigenvalue weighted by Crippen LogP contribution is -2.29. The number of aromatic nitrogens is 4. The predicted octanol–water partition coefficient (Wildman–Crippen LogP) is 3.40. The van der Waals surface area contributed by atoms with Crippen LogP contribution >= 0.6 is 0 Å². The van der Waals surface area contributed by atoms with Crippen LogP contribution in [0.1, 0.15) is 34.8 Å². The van der Waals surface area contributed by atoms with Crippen LogP contribution in [0.3, 0.4) is 0 Å². The second-order valence-corrected chi connectivity index (χ2v) is 7.20. The van der Waals surface area contributed by atoms with E-state index in [0.29, 0.717) is 47.3 Å². The van der Waals surface area contributed by atoms with Crippen molar-refractivity contribution in [1.82, 2.24) is 25.4 Å². The quantitative estimate of drug-likeness (QED) is 0.458. The van der Waals surface area contributed by atoms with E-state index in [0.717, 1.165) is 24.1 Å². The Balaban J connectivity index is 1.41. The van der Waals surface area contributed by atoms with Crippen molar-refractivity contribution in [2.75, 3.05) is 18.4 Å². The van der Waals surface area contributed by atoms with Gasteiger partial charge in [0.15, 0.2) is 0 Å². The molecule has 3 heterocycles. The third kappa shape index (κ3) is 3.71. The summed E-state index contributed by atoms with van der Waals surface area (Å²) in [5.74, 6) is 0.739. The molecule has 0 bridgehead atoms. The molecule has 0 unspecified atom stereocenters. The van der Waals surface area contributed by atoms with Gasteiger partial charge in [0, 0.05) is 42.7 Å². The molecule has 8 heteroatoms. The molecular formula is C22H20N6O2. The number of hydrogen-bond donors (Lipinski definition) is 2. The Morgan fingerprint density at radius 1 is 1.07 bits per heavy atom. The fourth-order valence-electron chi connectivity index (χ4n) is 3.37. The number of anilines is 1. The van der Waals surface area contributed by atoms with Crippen molar-refractivity contribution in [3.63, 3.8) is 0 Å². The lowest BCUT2D eigenvalue weighted by atomic mass is 10.0. The summed E-state index contributed by atoms with van der Waals surface area (Å²) in [4.78, 5) is 25.9. The van der Waals surface area contributed by atoms with Gasteiger partial charge >= 0.3 is 0 Å². The summed E-state index contributed by atoms with van der Waals surface area (Å²) in [7, 11) is 0. The van der Waals surface area contributed by atoms with Crippen LogP contribution in [-0.4, -0.2) is 39.1 Å². The first-order valence-corrected chi connectivity index (χ1v) is 9.94. The lowest BCUT2D eigenvalue weighted by Gasteiger charge is -2.09. The van der Waals surface area contributed by atoms with E-state index in [2.05, 4.69) is 30.7 Å². The highest BCUT2D eigenvalue weighted by atomic mass is 16.5. The summed E-state index contributed by atoms with van der Waals surface area (Å²) in [5, 5.41) is 10.9. The fourth-order valence-corrected chi connectivity index (χ4v) is 3.37. The Bertz CT molecular complexity index is 1170. The molecule has 1 aliphatic carbocycles. The van der Waals surface area contributed by atoms with Crippen molar-refractivity contribution in [3.8, 4) is 11.3 Å². The summed E-state index contributed by atoms with van der Waals surface area (Å²) in [6.45, 7) is 0.931. The van der Waals surface area contributed by atoms with Crippen LogP contribution in [0.15, 0.2) is 59.4 Å². The van der Waals surface area contributed by atoms with Crippen molar-refractivity contribution in [1.29, 1.82) is 0 Å². The first-order valence-electron chi connectivity index (χ1n) is 9.94. The summed E-state index contributed by atoms with van der Waals surface area (Å²) < 4.78 is 5.53. The highest BCUT2D eigenvalue weighted by Gasteiger charge is 2.29. The van der Waals surface area contributed by atoms with Crippen molar-refractivity contribution >= 4 is 23.0 Å². The average molecular weight is 400 g/mol. The average Bonchev–Trinajstić information content (AvgIpc) is 3.56. The minimum absolute atomic E-state index is 0.180. The Hall–Kier alpha value is -3.81. The third-order valence-electron chi connectivity index (χ3n) is 5.01. The molecule has 30 heavy (non-hydrogen) atoms. The third-order valence-corrected chi connectivity index (χ3v) is 5.01. The molecule has 3 aromatic heterocycles. The van der Waals surface area contributed by atoms with Gasteiger partial charge in [0.2, 0.25) is 5.95 Å². The maximum absolute atomic E-state index is 13.1. The van der Waals surface area contributed by atoms with E-state index >= 15 is 0 Å². The number of rotatable bonds is 7. The van der Waals surface area contributed by atoms with Gasteiger partial charge in [0.05, 0.1) is 10.9 Å². The molecule has 4 aromatic rings. The number of nitrogens with zero attached hydrogens (tertiary/aromatic N) is 4. The zero-order valence-corrected chi connectivity index (χ0v) is 16.2. The van der Waals surface area contributed by atoms with Gasteiger partial charge in [-0.3, -0.25) is 4.79 Å². The Labute approximate surface area is 172 Å². The minimum Gasteiger partial charge on any atom is -0.352 e. The normalized spacial score (nSPS) is 13.3. The molecule has 150 valence electrons. The van der Waals surface area contributed by atoms with Crippen LogP contribution in [0.4, 0.5) is 5.95 Å². The van der Waals surface area contributed by atoms with Crippen molar-refractivity contribution in [2.24, 2.45) is 0 Å². The maximum atomic E-state index is 13.1. The first kappa shape index (κ1) is 18.2. The molecule has 0 radical (unpaired) electrons. The largest absolute Gasteiger partial charge is 0.352 e. The predicted molar refractivity (Wildman–Crippen MR) is 112 cm³/mol. The van der Waals surface area contributed by atoms with Crippen LogP contribution in [0.2, 0.25) is 0 Å². The second kappa shape index (κ2) is 7.90. The number of benzene rings is 1. The van der Waals surface area contributed by atoms with Gasteiger partial charge in [-0.1, -0.05) is 35.5 Å². The molecule has 1 aromatic carbocycles. The molecule has 1 amide bonds. The molecule has 0 spiro atoms. The second-order valence-electron chi connectivity index (χ2n) is 7.20. The van der Waals surface area contributed by atoms with Gasteiger partial charge in [-0.05, 0) is 25.0 Å². The minimum atomic E-state index is -0.180. The summed E-state index contributed by atoms with van der Waals surface area (Å²) in [6, 6.07) is 13.3. The fraction of sp³-hybridized carbons (Fsp3) is 0.227. The van der Waals surface area contributed by atoms with Crippen molar-refractivity contribution in [2.45, 2.75) is 18.8 Å². The number of pyridine rings is 1. The number of carbonyl (C=O) groups excluding carboxylic acids is 1. The summed E-state index contributed by atoms with van der Waals surface area (Å²) >= 11 is 0. The summed E-state index contributed by atoms with van der Waals surface area (Å²) in [5.41, 5.74) is 3.34. The SMILES string of the molecule is O=C(NCCNc1ncccn1)c1cc(C2CC2)nc2onc(-c3ccccc3)c12. The van der Waals surface area contributed by atoms with Gasteiger partial charge in [0.1, 0.15) is 5.69 Å². The highest BCUT2D eigenvalue weighted by molar-refractivity contribution is 6.09. The van der Waals surface area contributed by atoms with Gasteiger partial charge in [-0.2, -0.15) is 0 Å². The van der Waals surface area contributed by atoms with Crippen LogP contribution in [0.25, 0.3) is 22.4 Å². The first-order chi connectivity index (χ1) is 14.8. The van der Waals surface area contributed by atoms with Gasteiger partial charge in [-0.25, -0.2) is 15.0 Å². The van der Waals surface area contributed by atoms with E-state index in [9.17, 15) is 4.79 Å². The number of nitrogens with one attached hydrogen (secondary N) is 2.